The van der Waals surface area contributed by atoms with Gasteiger partial charge >= 0.3 is 5.97 Å². The van der Waals surface area contributed by atoms with Gasteiger partial charge in [-0.25, -0.2) is 4.79 Å². The summed E-state index contributed by atoms with van der Waals surface area (Å²) in [5.41, 5.74) is 8.41. The summed E-state index contributed by atoms with van der Waals surface area (Å²) in [7, 11) is 10.5. The number of nitrogens with one attached hydrogen (secondary N) is 3. The molecule has 0 fully saturated rings. The first kappa shape index (κ1) is 38.8. The van der Waals surface area contributed by atoms with Crippen LogP contribution in [0.5, 0.6) is 11.5 Å². The number of nitrogens with zero attached hydrogens (tertiary/aromatic N) is 4. The molecule has 0 aliphatic rings. The fourth-order valence-electron chi connectivity index (χ4n) is 5.55. The van der Waals surface area contributed by atoms with E-state index in [1.807, 2.05) is 19.0 Å². The number of carboxylic acids is 1. The Morgan fingerprint density at radius 3 is 2.12 bits per heavy atom. The third-order valence-electron chi connectivity index (χ3n) is 8.17. The fraction of sp³-hybridized carbons (Fsp3) is 0.361. The average molecular weight is 719 g/mol. The number of Topliss-reactive ketones (excluding diaryl/α,β-unsaturated/α-hetero) is 1. The number of ether oxygens (including phenoxy) is 2. The Balaban J connectivity index is 1.28. The van der Waals surface area contributed by atoms with Gasteiger partial charge in [-0.15, -0.1) is 0 Å². The van der Waals surface area contributed by atoms with Gasteiger partial charge in [0.05, 0.1) is 42.0 Å². The highest BCUT2D eigenvalue weighted by atomic mass is 16.5. The van der Waals surface area contributed by atoms with Gasteiger partial charge in [0.15, 0.2) is 17.3 Å². The third kappa shape index (κ3) is 10.0. The number of methoxy groups -OCH3 is 1. The molecule has 0 atom stereocenters. The molecule has 52 heavy (non-hydrogen) atoms. The minimum absolute atomic E-state index is 0.0224. The van der Waals surface area contributed by atoms with Crippen molar-refractivity contribution in [1.29, 1.82) is 0 Å². The Hall–Kier alpha value is -6.03. The summed E-state index contributed by atoms with van der Waals surface area (Å²) in [5.74, 6) is -1.83. The van der Waals surface area contributed by atoms with E-state index in [4.69, 9.17) is 15.2 Å². The average Bonchev–Trinajstić information content (AvgIpc) is 3.75. The summed E-state index contributed by atoms with van der Waals surface area (Å²) < 4.78 is 15.8. The summed E-state index contributed by atoms with van der Waals surface area (Å²) in [5, 5.41) is 17.8. The maximum atomic E-state index is 13.3. The van der Waals surface area contributed by atoms with Gasteiger partial charge in [-0.1, -0.05) is 0 Å². The van der Waals surface area contributed by atoms with Gasteiger partial charge < -0.3 is 54.9 Å². The summed E-state index contributed by atoms with van der Waals surface area (Å²) >= 11 is 0. The van der Waals surface area contributed by atoms with Gasteiger partial charge in [0.25, 0.3) is 11.8 Å². The number of benzene rings is 1. The number of aryl methyl sites for hydroxylation is 3. The standard InChI is InChI=1S/C36H46N8O8/c1-41(2)11-8-10-38-34(47)29-16-24(21-44(29)5)40-35(48)28-13-22(19-42(28)3)14-30(45)27-15-23(20-43(27)4)39-33(46)9-7-12-52-32-18-26(37)25(36(49)50)17-31(32)51-6/h13,15-21H,7-12,14,37H2,1-6H3,(H,38,47)(H,39,46)(H,40,48)(H,49,50). The van der Waals surface area contributed by atoms with Crippen LogP contribution < -0.4 is 31.2 Å². The summed E-state index contributed by atoms with van der Waals surface area (Å²) in [4.78, 5) is 65.1. The first-order chi connectivity index (χ1) is 24.7. The molecule has 6 N–H and O–H groups in total. The van der Waals surface area contributed by atoms with Gasteiger partial charge in [-0.2, -0.15) is 0 Å². The van der Waals surface area contributed by atoms with Crippen LogP contribution in [0.25, 0.3) is 0 Å². The Bertz CT molecular complexity index is 1950. The van der Waals surface area contributed by atoms with Crippen LogP contribution in [0.2, 0.25) is 0 Å². The lowest BCUT2D eigenvalue weighted by atomic mass is 10.1. The number of hydrogen-bond acceptors (Lipinski definition) is 9. The molecule has 0 saturated carbocycles. The smallest absolute Gasteiger partial charge is 0.337 e. The second kappa shape index (κ2) is 17.3. The lowest BCUT2D eigenvalue weighted by Crippen LogP contribution is -2.28. The third-order valence-corrected chi connectivity index (χ3v) is 8.17. The van der Waals surface area contributed by atoms with Gasteiger partial charge in [0, 0.05) is 71.3 Å². The number of nitrogens with two attached hydrogens (primary N) is 1. The predicted molar refractivity (Wildman–Crippen MR) is 195 cm³/mol. The molecule has 16 heteroatoms. The number of carbonyl (C=O) groups excluding carboxylic acids is 4. The molecule has 4 aromatic rings. The van der Waals surface area contributed by atoms with Gasteiger partial charge in [0.1, 0.15) is 11.4 Å². The van der Waals surface area contributed by atoms with Gasteiger partial charge in [-0.05, 0) is 57.2 Å². The van der Waals surface area contributed by atoms with E-state index in [2.05, 4.69) is 16.0 Å². The van der Waals surface area contributed by atoms with Crippen LogP contribution >= 0.6 is 0 Å². The largest absolute Gasteiger partial charge is 0.493 e. The SMILES string of the molecule is COc1cc(C(=O)O)c(N)cc1OCCCC(=O)Nc1cc(C(=O)Cc2cc(C(=O)Nc3cc(C(=O)NCCCN(C)C)n(C)c3)n(C)c2)n(C)c1. The number of carboxylic acid groups (broad SMARTS) is 1. The van der Waals surface area contributed by atoms with E-state index in [9.17, 15) is 29.1 Å². The number of carbonyl (C=O) groups is 5. The lowest BCUT2D eigenvalue weighted by molar-refractivity contribution is -0.116. The minimum Gasteiger partial charge on any atom is -0.493 e. The highest BCUT2D eigenvalue weighted by Crippen LogP contribution is 2.32. The zero-order valence-corrected chi connectivity index (χ0v) is 30.2. The van der Waals surface area contributed by atoms with Crippen LogP contribution in [0.3, 0.4) is 0 Å². The van der Waals surface area contributed by atoms with Crippen molar-refractivity contribution in [2.45, 2.75) is 25.7 Å². The summed E-state index contributed by atoms with van der Waals surface area (Å²) in [6, 6.07) is 7.50. The number of ketones is 1. The summed E-state index contributed by atoms with van der Waals surface area (Å²) in [6.45, 7) is 1.54. The van der Waals surface area contributed by atoms with Crippen molar-refractivity contribution in [2.24, 2.45) is 21.1 Å². The molecule has 278 valence electrons. The van der Waals surface area contributed by atoms with Crippen LogP contribution in [0.15, 0.2) is 48.9 Å². The molecule has 3 heterocycles. The maximum Gasteiger partial charge on any atom is 0.337 e. The molecule has 3 amide bonds. The molecular formula is C36H46N8O8. The first-order valence-electron chi connectivity index (χ1n) is 16.6. The Morgan fingerprint density at radius 1 is 0.808 bits per heavy atom. The monoisotopic (exact) mass is 718 g/mol. The van der Waals surface area contributed by atoms with E-state index in [0.29, 0.717) is 47.0 Å². The molecule has 0 aliphatic heterocycles. The molecule has 0 unspecified atom stereocenters. The molecule has 0 bridgehead atoms. The molecule has 4 rings (SSSR count). The molecule has 0 radical (unpaired) electrons. The van der Waals surface area contributed by atoms with Crippen LogP contribution in [0.1, 0.15) is 66.6 Å². The maximum absolute atomic E-state index is 13.3. The fourth-order valence-corrected chi connectivity index (χ4v) is 5.55. The molecular weight excluding hydrogens is 672 g/mol. The topological polar surface area (TPSA) is 204 Å². The quantitative estimate of drug-likeness (QED) is 0.0578. The van der Waals surface area contributed by atoms with Gasteiger partial charge in [-0.3, -0.25) is 19.2 Å². The Labute approximate surface area is 301 Å². The zero-order valence-electron chi connectivity index (χ0n) is 30.2. The molecule has 0 saturated heterocycles. The predicted octanol–water partition coefficient (Wildman–Crippen LogP) is 3.15. The number of aromatic carboxylic acids is 1. The minimum atomic E-state index is -1.19. The number of rotatable bonds is 18. The number of nitrogen functional groups attached to an aromatic ring is 1. The molecule has 0 aliphatic carbocycles. The van der Waals surface area contributed by atoms with Crippen molar-refractivity contribution in [2.75, 3.05) is 57.3 Å². The van der Waals surface area contributed by atoms with Crippen LogP contribution in [0.4, 0.5) is 17.1 Å². The van der Waals surface area contributed by atoms with Crippen molar-refractivity contribution in [3.63, 3.8) is 0 Å². The van der Waals surface area contributed by atoms with E-state index < -0.39 is 11.9 Å². The number of amides is 3. The first-order valence-corrected chi connectivity index (χ1v) is 16.6. The number of anilines is 3. The second-order valence-electron chi connectivity index (χ2n) is 12.7. The van der Waals surface area contributed by atoms with E-state index >= 15 is 0 Å². The number of aromatic nitrogens is 3. The van der Waals surface area contributed by atoms with Crippen molar-refractivity contribution in [3.8, 4) is 11.5 Å². The summed E-state index contributed by atoms with van der Waals surface area (Å²) in [6.07, 6.45) is 6.31. The van der Waals surface area contributed by atoms with E-state index in [1.54, 1.807) is 71.6 Å². The Kier molecular flexibility index (Phi) is 12.9. The van der Waals surface area contributed by atoms with Gasteiger partial charge in [0.2, 0.25) is 5.91 Å². The molecule has 3 aromatic heterocycles. The van der Waals surface area contributed by atoms with Crippen molar-refractivity contribution in [1.82, 2.24) is 23.9 Å². The van der Waals surface area contributed by atoms with Crippen LogP contribution in [0, 0.1) is 0 Å². The number of hydrogen-bond donors (Lipinski definition) is 5. The lowest BCUT2D eigenvalue weighted by Gasteiger charge is -2.13. The zero-order chi connectivity index (χ0) is 38.1. The van der Waals surface area contributed by atoms with Crippen molar-refractivity contribution >= 4 is 46.5 Å². The van der Waals surface area contributed by atoms with E-state index in [1.165, 1.54) is 19.2 Å². The molecule has 16 nitrogen and oxygen atoms in total. The highest BCUT2D eigenvalue weighted by Gasteiger charge is 2.20. The highest BCUT2D eigenvalue weighted by molar-refractivity contribution is 6.05. The van der Waals surface area contributed by atoms with E-state index in [-0.39, 0.29) is 59.8 Å². The normalized spacial score (nSPS) is 11.0. The Morgan fingerprint density at radius 2 is 1.44 bits per heavy atom. The van der Waals surface area contributed by atoms with Crippen LogP contribution in [-0.4, -0.2) is 94.1 Å². The molecule has 0 spiro atoms. The van der Waals surface area contributed by atoms with E-state index in [0.717, 1.165) is 13.0 Å². The van der Waals surface area contributed by atoms with Crippen molar-refractivity contribution < 1.29 is 38.6 Å². The molecule has 1 aromatic carbocycles. The van der Waals surface area contributed by atoms with Crippen molar-refractivity contribution in [3.05, 3.63) is 77.1 Å². The second-order valence-corrected chi connectivity index (χ2v) is 12.7. The van der Waals surface area contributed by atoms with Crippen LogP contribution in [-0.2, 0) is 32.4 Å².